The van der Waals surface area contributed by atoms with E-state index in [1.165, 1.54) is 0 Å². The molecular formula is C19H15F2NO4. The van der Waals surface area contributed by atoms with E-state index in [9.17, 15) is 18.4 Å². The zero-order valence-corrected chi connectivity index (χ0v) is 13.6. The van der Waals surface area contributed by atoms with Gasteiger partial charge in [-0.05, 0) is 17.7 Å². The Morgan fingerprint density at radius 1 is 1.12 bits per heavy atom. The fraction of sp³-hybridized carbons (Fsp3) is 0.158. The summed E-state index contributed by atoms with van der Waals surface area (Å²) < 4.78 is 31.3. The van der Waals surface area contributed by atoms with Crippen molar-refractivity contribution in [1.82, 2.24) is 5.32 Å². The molecule has 0 spiro atoms. The average molecular weight is 359 g/mol. The first kappa shape index (κ1) is 18.9. The zero-order valence-electron chi connectivity index (χ0n) is 13.6. The minimum absolute atomic E-state index is 0.134. The van der Waals surface area contributed by atoms with Crippen molar-refractivity contribution in [3.05, 3.63) is 70.8 Å². The lowest BCUT2D eigenvalue weighted by atomic mass is 10.1. The summed E-state index contributed by atoms with van der Waals surface area (Å²) in [7, 11) is 0. The van der Waals surface area contributed by atoms with E-state index in [1.54, 1.807) is 0 Å². The smallest absolute Gasteiger partial charge is 0.407 e. The monoisotopic (exact) mass is 359 g/mol. The van der Waals surface area contributed by atoms with Crippen molar-refractivity contribution in [1.29, 1.82) is 0 Å². The van der Waals surface area contributed by atoms with Crippen LogP contribution in [0.2, 0.25) is 0 Å². The van der Waals surface area contributed by atoms with Crippen LogP contribution >= 0.6 is 0 Å². The lowest BCUT2D eigenvalue weighted by molar-refractivity contribution is 0.0696. The Kier molecular flexibility index (Phi) is 6.68. The fourth-order valence-electron chi connectivity index (χ4n) is 1.99. The number of hydrogen-bond donors (Lipinski definition) is 2. The van der Waals surface area contributed by atoms with Crippen LogP contribution in [-0.2, 0) is 11.3 Å². The Balaban J connectivity index is 1.83. The number of ether oxygens (including phenoxy) is 1. The van der Waals surface area contributed by atoms with Gasteiger partial charge in [0, 0.05) is 18.5 Å². The van der Waals surface area contributed by atoms with Crippen molar-refractivity contribution in [2.75, 3.05) is 6.54 Å². The van der Waals surface area contributed by atoms with E-state index in [0.29, 0.717) is 6.07 Å². The molecule has 0 atom stereocenters. The summed E-state index contributed by atoms with van der Waals surface area (Å²) in [6, 6.07) is 10.5. The van der Waals surface area contributed by atoms with Gasteiger partial charge in [0.25, 0.3) is 0 Å². The molecule has 0 unspecified atom stereocenters. The Labute approximate surface area is 148 Å². The quantitative estimate of drug-likeness (QED) is 0.634. The van der Waals surface area contributed by atoms with Crippen molar-refractivity contribution in [2.24, 2.45) is 0 Å². The van der Waals surface area contributed by atoms with Gasteiger partial charge in [0.2, 0.25) is 0 Å². The van der Waals surface area contributed by atoms with Crippen molar-refractivity contribution < 1.29 is 28.2 Å². The molecule has 7 heteroatoms. The average Bonchev–Trinajstić information content (AvgIpc) is 2.63. The summed E-state index contributed by atoms with van der Waals surface area (Å²) >= 11 is 0. The molecule has 0 saturated carbocycles. The molecule has 0 radical (unpaired) electrons. The van der Waals surface area contributed by atoms with Crippen LogP contribution in [0, 0.1) is 23.5 Å². The van der Waals surface area contributed by atoms with Gasteiger partial charge in [-0.1, -0.05) is 42.2 Å². The van der Waals surface area contributed by atoms with Crippen molar-refractivity contribution >= 4 is 12.1 Å². The minimum Gasteiger partial charge on any atom is -0.478 e. The first-order valence-electron chi connectivity index (χ1n) is 7.63. The molecule has 0 heterocycles. The molecule has 26 heavy (non-hydrogen) atoms. The number of nitrogens with one attached hydrogen (secondary N) is 1. The van der Waals surface area contributed by atoms with Gasteiger partial charge in [-0.15, -0.1) is 0 Å². The Hall–Kier alpha value is -3.40. The number of benzene rings is 2. The van der Waals surface area contributed by atoms with E-state index < -0.39 is 29.3 Å². The number of carbonyl (C=O) groups excluding carboxylic acids is 1. The highest BCUT2D eigenvalue weighted by Crippen LogP contribution is 2.14. The van der Waals surface area contributed by atoms with Gasteiger partial charge < -0.3 is 15.2 Å². The summed E-state index contributed by atoms with van der Waals surface area (Å²) in [4.78, 5) is 22.5. The van der Waals surface area contributed by atoms with Crippen molar-refractivity contribution in [2.45, 2.75) is 13.0 Å². The molecule has 2 aromatic carbocycles. The maximum Gasteiger partial charge on any atom is 0.407 e. The van der Waals surface area contributed by atoms with Crippen LogP contribution in [-0.4, -0.2) is 23.7 Å². The van der Waals surface area contributed by atoms with Gasteiger partial charge in [0.1, 0.15) is 6.61 Å². The van der Waals surface area contributed by atoms with E-state index in [1.807, 2.05) is 30.3 Å². The highest BCUT2D eigenvalue weighted by Gasteiger charge is 2.13. The molecular weight excluding hydrogens is 344 g/mol. The van der Waals surface area contributed by atoms with Gasteiger partial charge in [-0.3, -0.25) is 0 Å². The number of halogens is 2. The predicted octanol–water partition coefficient (Wildman–Crippen LogP) is 3.33. The van der Waals surface area contributed by atoms with Gasteiger partial charge >= 0.3 is 12.1 Å². The summed E-state index contributed by atoms with van der Waals surface area (Å²) in [5, 5.41) is 11.5. The second-order valence-electron chi connectivity index (χ2n) is 5.16. The summed E-state index contributed by atoms with van der Waals surface area (Å²) in [6.07, 6.45) is -0.437. The van der Waals surface area contributed by atoms with Crippen LogP contribution in [0.4, 0.5) is 13.6 Å². The molecule has 5 nitrogen and oxygen atoms in total. The Morgan fingerprint density at radius 2 is 1.81 bits per heavy atom. The van der Waals surface area contributed by atoms with E-state index in [4.69, 9.17) is 9.84 Å². The molecule has 2 N–H and O–H groups in total. The molecule has 0 fully saturated rings. The molecule has 0 aromatic heterocycles. The molecule has 0 saturated heterocycles. The van der Waals surface area contributed by atoms with Crippen LogP contribution in [0.15, 0.2) is 42.5 Å². The SMILES string of the molecule is O=C(NCCC#Cc1cc(F)c(F)cc1C(=O)O)OCc1ccccc1. The third kappa shape index (κ3) is 5.60. The molecule has 134 valence electrons. The third-order valence-corrected chi connectivity index (χ3v) is 3.25. The molecule has 0 aliphatic heterocycles. The number of hydrogen-bond acceptors (Lipinski definition) is 3. The zero-order chi connectivity index (χ0) is 18.9. The maximum absolute atomic E-state index is 13.2. The molecule has 1 amide bonds. The molecule has 2 rings (SSSR count). The van der Waals surface area contributed by atoms with Crippen molar-refractivity contribution in [3.8, 4) is 11.8 Å². The van der Waals surface area contributed by atoms with Crippen LogP contribution < -0.4 is 5.32 Å². The first-order chi connectivity index (χ1) is 12.5. The predicted molar refractivity (Wildman–Crippen MR) is 89.4 cm³/mol. The standard InChI is InChI=1S/C19H15F2NO4/c20-16-10-14(15(18(23)24)11-17(16)21)8-4-5-9-22-19(25)26-12-13-6-2-1-3-7-13/h1-3,6-7,10-11H,5,9,12H2,(H,22,25)(H,23,24). The maximum atomic E-state index is 13.2. The summed E-state index contributed by atoms with van der Waals surface area (Å²) in [6.45, 7) is 0.294. The lowest BCUT2D eigenvalue weighted by Crippen LogP contribution is -2.24. The summed E-state index contributed by atoms with van der Waals surface area (Å²) in [5.41, 5.74) is 0.289. The van der Waals surface area contributed by atoms with Crippen molar-refractivity contribution in [3.63, 3.8) is 0 Å². The van der Waals surface area contributed by atoms with Gasteiger partial charge in [-0.2, -0.15) is 0 Å². The lowest BCUT2D eigenvalue weighted by Gasteiger charge is -2.05. The van der Waals surface area contributed by atoms with Crippen LogP contribution in [0.5, 0.6) is 0 Å². The van der Waals surface area contributed by atoms with Gasteiger partial charge in [-0.25, -0.2) is 18.4 Å². The van der Waals surface area contributed by atoms with E-state index in [2.05, 4.69) is 17.2 Å². The molecule has 2 aromatic rings. The highest BCUT2D eigenvalue weighted by atomic mass is 19.2. The largest absolute Gasteiger partial charge is 0.478 e. The number of rotatable bonds is 5. The number of carboxylic acids is 1. The Bertz CT molecular complexity index is 857. The number of amides is 1. The molecule has 0 bridgehead atoms. The number of carboxylic acid groups (broad SMARTS) is 1. The second-order valence-corrected chi connectivity index (χ2v) is 5.16. The van der Waals surface area contributed by atoms with E-state index in [-0.39, 0.29) is 25.1 Å². The van der Waals surface area contributed by atoms with E-state index in [0.717, 1.165) is 11.6 Å². The summed E-state index contributed by atoms with van der Waals surface area (Å²) in [5.74, 6) is 1.23. The number of alkyl carbamates (subject to hydrolysis) is 1. The molecule has 0 aliphatic carbocycles. The fourth-order valence-corrected chi connectivity index (χ4v) is 1.99. The van der Waals surface area contributed by atoms with Crippen LogP contribution in [0.25, 0.3) is 0 Å². The highest BCUT2D eigenvalue weighted by molar-refractivity contribution is 5.90. The normalized spacial score (nSPS) is 9.77. The van der Waals surface area contributed by atoms with E-state index >= 15 is 0 Å². The minimum atomic E-state index is -1.41. The van der Waals surface area contributed by atoms with Crippen LogP contribution in [0.3, 0.4) is 0 Å². The third-order valence-electron chi connectivity index (χ3n) is 3.25. The van der Waals surface area contributed by atoms with Gasteiger partial charge in [0.15, 0.2) is 11.6 Å². The number of carbonyl (C=O) groups is 2. The van der Waals surface area contributed by atoms with Crippen LogP contribution in [0.1, 0.15) is 27.9 Å². The molecule has 0 aliphatic rings. The van der Waals surface area contributed by atoms with Gasteiger partial charge in [0.05, 0.1) is 5.56 Å². The number of aromatic carboxylic acids is 1. The second kappa shape index (κ2) is 9.18. The first-order valence-corrected chi connectivity index (χ1v) is 7.63. The Morgan fingerprint density at radius 3 is 2.50 bits per heavy atom. The topological polar surface area (TPSA) is 75.6 Å².